The topological polar surface area (TPSA) is 74.6 Å². The molecule has 0 fully saturated rings. The molecule has 40 heavy (non-hydrogen) atoms. The Balaban J connectivity index is 2.07. The van der Waals surface area contributed by atoms with Gasteiger partial charge in [-0.15, -0.1) is 0 Å². The van der Waals surface area contributed by atoms with Crippen LogP contribution < -0.4 is 0 Å². The number of carbonyl (C=O) groups is 2. The van der Waals surface area contributed by atoms with Crippen LogP contribution in [0.2, 0.25) is 0 Å². The molecule has 4 aromatic rings. The van der Waals surface area contributed by atoms with Crippen LogP contribution in [0.15, 0.2) is 36.4 Å². The van der Waals surface area contributed by atoms with Crippen molar-refractivity contribution < 1.29 is 19.8 Å². The van der Waals surface area contributed by atoms with Crippen LogP contribution in [0.3, 0.4) is 0 Å². The number of carboxylic acid groups (broad SMARTS) is 2. The maximum atomic E-state index is 11.7. The Morgan fingerprint density at radius 2 is 0.575 bits per heavy atom. The third-order valence-corrected chi connectivity index (χ3v) is 8.25. The first-order chi connectivity index (χ1) is 18.6. The zero-order valence-electron chi connectivity index (χ0n) is 25.2. The van der Waals surface area contributed by atoms with E-state index >= 15 is 0 Å². The van der Waals surface area contributed by atoms with Gasteiger partial charge in [0.15, 0.2) is 0 Å². The van der Waals surface area contributed by atoms with Crippen molar-refractivity contribution in [1.82, 2.24) is 0 Å². The Morgan fingerprint density at radius 1 is 0.375 bits per heavy atom. The largest absolute Gasteiger partial charge is 0.478 e. The SMILES string of the molecule is Cc1cc(C(=O)O)cc(C)c1-c1c(C)cc(C)c(-c2c(C)cc(C)c(-c3c(C)cc(C(=O)O)cc3C)c2C)c1C. The summed E-state index contributed by atoms with van der Waals surface area (Å²) in [5, 5.41) is 19.2. The number of aromatic carboxylic acids is 2. The van der Waals surface area contributed by atoms with E-state index in [0.29, 0.717) is 11.1 Å². The van der Waals surface area contributed by atoms with E-state index < -0.39 is 11.9 Å². The van der Waals surface area contributed by atoms with Gasteiger partial charge in [-0.1, -0.05) is 12.1 Å². The summed E-state index contributed by atoms with van der Waals surface area (Å²) >= 11 is 0. The summed E-state index contributed by atoms with van der Waals surface area (Å²) in [7, 11) is 0. The lowest BCUT2D eigenvalue weighted by atomic mass is 9.78. The van der Waals surface area contributed by atoms with Gasteiger partial charge in [-0.2, -0.15) is 0 Å². The molecule has 0 saturated heterocycles. The normalized spacial score (nSPS) is 11.2. The van der Waals surface area contributed by atoms with Crippen LogP contribution in [-0.4, -0.2) is 22.2 Å². The van der Waals surface area contributed by atoms with Gasteiger partial charge in [0.1, 0.15) is 0 Å². The Hall–Kier alpha value is -4.18. The van der Waals surface area contributed by atoms with Gasteiger partial charge in [0.05, 0.1) is 11.1 Å². The van der Waals surface area contributed by atoms with Crippen LogP contribution >= 0.6 is 0 Å². The molecular formula is C36H38O4. The van der Waals surface area contributed by atoms with Crippen molar-refractivity contribution in [2.45, 2.75) is 69.2 Å². The average molecular weight is 535 g/mol. The third-order valence-electron chi connectivity index (χ3n) is 8.25. The summed E-state index contributed by atoms with van der Waals surface area (Å²) in [4.78, 5) is 23.4. The van der Waals surface area contributed by atoms with Gasteiger partial charge < -0.3 is 10.2 Å². The van der Waals surface area contributed by atoms with Crippen LogP contribution in [0.5, 0.6) is 0 Å². The standard InChI is InChI=1S/C36H38O4/c1-17-11-19(3)33(25(9)31(17)29-21(5)13-27(35(37)38)14-22(29)6)34-20(4)12-18(2)32(26(34)10)30-23(7)15-28(36(39)40)16-24(30)8/h11-16H,1-10H3,(H,37,38)(H,39,40). The Morgan fingerprint density at radius 3 is 0.800 bits per heavy atom. The van der Waals surface area contributed by atoms with Gasteiger partial charge in [0.25, 0.3) is 0 Å². The van der Waals surface area contributed by atoms with E-state index in [-0.39, 0.29) is 0 Å². The molecule has 0 aliphatic rings. The first-order valence-electron chi connectivity index (χ1n) is 13.6. The number of hydrogen-bond acceptors (Lipinski definition) is 2. The summed E-state index contributed by atoms with van der Waals surface area (Å²) in [5.74, 6) is -1.84. The third kappa shape index (κ3) is 4.72. The Labute approximate surface area is 237 Å². The summed E-state index contributed by atoms with van der Waals surface area (Å²) < 4.78 is 0. The monoisotopic (exact) mass is 534 g/mol. The van der Waals surface area contributed by atoms with Crippen LogP contribution in [0.25, 0.3) is 33.4 Å². The predicted molar refractivity (Wildman–Crippen MR) is 164 cm³/mol. The molecule has 0 unspecified atom stereocenters. The molecule has 0 amide bonds. The zero-order chi connectivity index (χ0) is 29.8. The molecule has 0 aromatic heterocycles. The van der Waals surface area contributed by atoms with Crippen molar-refractivity contribution in [2.75, 3.05) is 0 Å². The van der Waals surface area contributed by atoms with Crippen molar-refractivity contribution in [1.29, 1.82) is 0 Å². The second-order valence-electron chi connectivity index (χ2n) is 11.4. The lowest BCUT2D eigenvalue weighted by molar-refractivity contribution is 0.0686. The first kappa shape index (κ1) is 28.8. The number of hydrogen-bond donors (Lipinski definition) is 2. The molecule has 0 bridgehead atoms. The zero-order valence-corrected chi connectivity index (χ0v) is 25.2. The predicted octanol–water partition coefficient (Wildman–Crippen LogP) is 9.17. The van der Waals surface area contributed by atoms with Crippen molar-refractivity contribution in [2.24, 2.45) is 0 Å². The smallest absolute Gasteiger partial charge is 0.335 e. The first-order valence-corrected chi connectivity index (χ1v) is 13.6. The number of rotatable bonds is 5. The van der Waals surface area contributed by atoms with Crippen LogP contribution in [-0.2, 0) is 0 Å². The van der Waals surface area contributed by atoms with Gasteiger partial charge in [-0.3, -0.25) is 0 Å². The van der Waals surface area contributed by atoms with E-state index in [0.717, 1.165) is 55.6 Å². The quantitative estimate of drug-likeness (QED) is 0.268. The van der Waals surface area contributed by atoms with Crippen molar-refractivity contribution in [3.8, 4) is 33.4 Å². The highest BCUT2D eigenvalue weighted by atomic mass is 16.4. The summed E-state index contributed by atoms with van der Waals surface area (Å²) in [6.45, 7) is 20.8. The summed E-state index contributed by atoms with van der Waals surface area (Å²) in [6, 6.07) is 11.5. The number of aryl methyl sites for hydroxylation is 8. The fourth-order valence-electron chi connectivity index (χ4n) is 6.87. The average Bonchev–Trinajstić information content (AvgIpc) is 2.83. The summed E-state index contributed by atoms with van der Waals surface area (Å²) in [6.07, 6.45) is 0. The van der Waals surface area contributed by atoms with E-state index in [1.54, 1.807) is 24.3 Å². The molecule has 0 aliphatic carbocycles. The second kappa shape index (κ2) is 10.4. The minimum Gasteiger partial charge on any atom is -0.478 e. The molecular weight excluding hydrogens is 496 g/mol. The molecule has 2 N–H and O–H groups in total. The van der Waals surface area contributed by atoms with Crippen molar-refractivity contribution in [3.05, 3.63) is 103 Å². The van der Waals surface area contributed by atoms with Gasteiger partial charge in [0.2, 0.25) is 0 Å². The molecule has 206 valence electrons. The second-order valence-corrected chi connectivity index (χ2v) is 11.4. The number of benzene rings is 4. The molecule has 0 spiro atoms. The van der Waals surface area contributed by atoms with E-state index in [1.807, 2.05) is 27.7 Å². The number of carboxylic acids is 2. The molecule has 4 heteroatoms. The van der Waals surface area contributed by atoms with Crippen LogP contribution in [0.4, 0.5) is 0 Å². The molecule has 0 saturated carbocycles. The van der Waals surface area contributed by atoms with Gasteiger partial charge in [-0.05, 0) is 183 Å². The van der Waals surface area contributed by atoms with Crippen LogP contribution in [0, 0.1) is 69.2 Å². The molecule has 4 rings (SSSR count). The molecule has 4 nitrogen and oxygen atoms in total. The van der Waals surface area contributed by atoms with Crippen molar-refractivity contribution >= 4 is 11.9 Å². The maximum Gasteiger partial charge on any atom is 0.335 e. The van der Waals surface area contributed by atoms with E-state index in [1.165, 1.54) is 33.4 Å². The molecule has 0 aliphatic heterocycles. The van der Waals surface area contributed by atoms with Gasteiger partial charge in [0, 0.05) is 0 Å². The fourth-order valence-corrected chi connectivity index (χ4v) is 6.87. The minimum atomic E-state index is -0.920. The van der Waals surface area contributed by atoms with E-state index in [2.05, 4.69) is 53.7 Å². The van der Waals surface area contributed by atoms with Crippen molar-refractivity contribution in [3.63, 3.8) is 0 Å². The molecule has 4 aromatic carbocycles. The lowest BCUT2D eigenvalue weighted by Crippen LogP contribution is -2.05. The highest BCUT2D eigenvalue weighted by Crippen LogP contribution is 2.45. The fraction of sp³-hybridized carbons (Fsp3) is 0.278. The Bertz CT molecular complexity index is 1560. The highest BCUT2D eigenvalue weighted by molar-refractivity contribution is 5.94. The van der Waals surface area contributed by atoms with Gasteiger partial charge >= 0.3 is 11.9 Å². The maximum absolute atomic E-state index is 11.7. The van der Waals surface area contributed by atoms with Gasteiger partial charge in [-0.25, -0.2) is 9.59 Å². The molecule has 0 atom stereocenters. The Kier molecular flexibility index (Phi) is 7.51. The van der Waals surface area contributed by atoms with E-state index in [4.69, 9.17) is 0 Å². The van der Waals surface area contributed by atoms with E-state index in [9.17, 15) is 19.8 Å². The summed E-state index contributed by atoms with van der Waals surface area (Å²) in [5.41, 5.74) is 18.3. The molecule has 0 radical (unpaired) electrons. The minimum absolute atomic E-state index is 0.302. The lowest BCUT2D eigenvalue weighted by Gasteiger charge is -2.26. The molecule has 0 heterocycles. The van der Waals surface area contributed by atoms with Crippen LogP contribution in [0.1, 0.15) is 76.4 Å². The highest BCUT2D eigenvalue weighted by Gasteiger charge is 2.23.